The van der Waals surface area contributed by atoms with E-state index in [0.29, 0.717) is 31.9 Å². The van der Waals surface area contributed by atoms with Gasteiger partial charge in [0.25, 0.3) is 0 Å². The number of rotatable bonds is 14. The number of para-hydroxylation sites is 1. The van der Waals surface area contributed by atoms with Gasteiger partial charge in [-0.05, 0) is 30.8 Å². The fraction of sp³-hybridized carbons (Fsp3) is 0.441. The molecule has 1 aliphatic rings. The smallest absolute Gasteiger partial charge is 0.407 e. The molecule has 2 aromatic rings. The Morgan fingerprint density at radius 2 is 1.65 bits per heavy atom. The van der Waals surface area contributed by atoms with Crippen molar-refractivity contribution in [1.82, 2.24) is 15.6 Å². The molecular weight excluding hydrogens is 680 g/mol. The van der Waals surface area contributed by atoms with Gasteiger partial charge >= 0.3 is 6.09 Å². The Bertz CT molecular complexity index is 1200. The van der Waals surface area contributed by atoms with Crippen molar-refractivity contribution in [2.75, 3.05) is 51.4 Å². The summed E-state index contributed by atoms with van der Waals surface area (Å²) < 4.78 is 10.4. The van der Waals surface area contributed by atoms with Crippen molar-refractivity contribution in [3.8, 4) is 0 Å². The van der Waals surface area contributed by atoms with Gasteiger partial charge in [0.1, 0.15) is 6.61 Å². The number of hydrogen-bond donors (Lipinski definition) is 4. The van der Waals surface area contributed by atoms with E-state index in [-0.39, 0.29) is 34.9 Å². The van der Waals surface area contributed by atoms with Gasteiger partial charge in [0, 0.05) is 72.5 Å². The minimum absolute atomic E-state index is 0. The first kappa shape index (κ1) is 42.4. The second-order valence-electron chi connectivity index (χ2n) is 10.2. The molecule has 1 heterocycles. The van der Waals surface area contributed by atoms with Crippen LogP contribution in [0.5, 0.6) is 0 Å². The molecule has 46 heavy (non-hydrogen) atoms. The predicted octanol–water partition coefficient (Wildman–Crippen LogP) is 4.28. The number of hydrazine groups is 1. The van der Waals surface area contributed by atoms with Crippen molar-refractivity contribution in [2.24, 2.45) is 11.6 Å². The number of aldehydes is 1. The third kappa shape index (κ3) is 16.1. The number of fused-ring (bicyclic) bond motifs is 2. The van der Waals surface area contributed by atoms with E-state index in [1.807, 2.05) is 43.3 Å². The van der Waals surface area contributed by atoms with Crippen LogP contribution in [0.3, 0.4) is 0 Å². The van der Waals surface area contributed by atoms with Crippen molar-refractivity contribution in [3.63, 3.8) is 0 Å². The predicted molar refractivity (Wildman–Crippen MR) is 181 cm³/mol. The maximum absolute atomic E-state index is 11.9. The van der Waals surface area contributed by atoms with Crippen LogP contribution in [0.4, 0.5) is 10.5 Å². The maximum atomic E-state index is 11.9. The number of ether oxygens (including phenoxy) is 2. The molecule has 12 heteroatoms. The summed E-state index contributed by atoms with van der Waals surface area (Å²) >= 11 is 0. The first-order valence-corrected chi connectivity index (χ1v) is 15.4. The van der Waals surface area contributed by atoms with Crippen LogP contribution in [-0.2, 0) is 48.0 Å². The molecule has 11 nitrogen and oxygen atoms in total. The first-order valence-electron chi connectivity index (χ1n) is 15.4. The van der Waals surface area contributed by atoms with E-state index in [0.717, 1.165) is 73.2 Å². The molecule has 6 N–H and O–H groups in total. The van der Waals surface area contributed by atoms with Crippen molar-refractivity contribution < 1.29 is 46.2 Å². The van der Waals surface area contributed by atoms with Gasteiger partial charge in [0.15, 0.2) is 0 Å². The Morgan fingerprint density at radius 1 is 1.00 bits per heavy atom. The number of carbonyl (C=O) groups excluding carboxylic acids is 3. The number of unbranched alkanes of at least 4 members (excludes halogenated alkanes) is 2. The molecule has 0 saturated heterocycles. The van der Waals surface area contributed by atoms with Gasteiger partial charge in [0.2, 0.25) is 0 Å². The van der Waals surface area contributed by atoms with E-state index in [9.17, 15) is 9.59 Å². The molecule has 0 spiro atoms. The van der Waals surface area contributed by atoms with Crippen molar-refractivity contribution in [2.45, 2.75) is 53.0 Å². The van der Waals surface area contributed by atoms with Crippen LogP contribution < -0.4 is 27.1 Å². The number of nitrogens with two attached hydrogens (primary N) is 2. The molecule has 0 aromatic heterocycles. The normalized spacial score (nSPS) is 12.8. The van der Waals surface area contributed by atoms with Gasteiger partial charge in [-0.25, -0.2) is 10.6 Å². The zero-order valence-corrected chi connectivity index (χ0v) is 29.1. The SMILES string of the molecule is CCCCCNC(=O)OCCN(N)/C1=C(\N)c2ccccc2N(C)Cc2ccccc21.C[CH-]C=O.[Ag].[CH2-]C(=O)NCCOCCC. The molecule has 0 bridgehead atoms. The van der Waals surface area contributed by atoms with Gasteiger partial charge in [-0.2, -0.15) is 6.92 Å². The molecule has 0 fully saturated rings. The molecule has 3 rings (SSSR count). The van der Waals surface area contributed by atoms with Crippen molar-refractivity contribution in [3.05, 3.63) is 78.6 Å². The monoisotopic (exact) mass is 731 g/mol. The number of hydrogen-bond acceptors (Lipinski definition) is 9. The Morgan fingerprint density at radius 3 is 2.28 bits per heavy atom. The number of anilines is 1. The van der Waals surface area contributed by atoms with Gasteiger partial charge in [-0.15, -0.1) is 0 Å². The third-order valence-electron chi connectivity index (χ3n) is 6.50. The molecule has 0 aliphatic carbocycles. The van der Waals surface area contributed by atoms with E-state index in [1.54, 1.807) is 11.9 Å². The number of nitrogens with zero attached hydrogens (tertiary/aromatic N) is 2. The minimum atomic E-state index is -0.420. The van der Waals surface area contributed by atoms with Crippen LogP contribution in [0.2, 0.25) is 0 Å². The second kappa shape index (κ2) is 25.6. The molecule has 0 unspecified atom stereocenters. The molecule has 0 atom stereocenters. The van der Waals surface area contributed by atoms with E-state index < -0.39 is 6.09 Å². The summed E-state index contributed by atoms with van der Waals surface area (Å²) in [6.45, 7) is 12.7. The Labute approximate surface area is 290 Å². The third-order valence-corrected chi connectivity index (χ3v) is 6.50. The Balaban J connectivity index is 0.00000113. The summed E-state index contributed by atoms with van der Waals surface area (Å²) in [6, 6.07) is 16.1. The summed E-state index contributed by atoms with van der Waals surface area (Å²) in [5.74, 6) is 6.21. The number of amides is 2. The fourth-order valence-corrected chi connectivity index (χ4v) is 4.32. The van der Waals surface area contributed by atoms with Crippen LogP contribution in [0.1, 0.15) is 63.1 Å². The topological polar surface area (TPSA) is 152 Å². The molecule has 261 valence electrons. The fourth-order valence-electron chi connectivity index (χ4n) is 4.32. The largest absolute Gasteiger partial charge is 0.448 e. The van der Waals surface area contributed by atoms with Crippen LogP contribution >= 0.6 is 0 Å². The van der Waals surface area contributed by atoms with E-state index in [2.05, 4.69) is 48.6 Å². The van der Waals surface area contributed by atoms with Gasteiger partial charge in [-0.1, -0.05) is 69.2 Å². The molecule has 1 radical (unpaired) electrons. The second-order valence-corrected chi connectivity index (χ2v) is 10.2. The quantitative estimate of drug-likeness (QED) is 0.0557. The maximum Gasteiger partial charge on any atom is 0.407 e. The summed E-state index contributed by atoms with van der Waals surface area (Å²) in [4.78, 5) is 33.4. The minimum Gasteiger partial charge on any atom is -0.448 e. The Kier molecular flexibility index (Phi) is 23.6. The number of carbonyl (C=O) groups is 3. The molecule has 2 aromatic carbocycles. The average molecular weight is 733 g/mol. The standard InChI is InChI=1S/C24H33N5O2.C7H14NO2.C3H5O.Ag/c1-3-4-9-14-27-24(30)31-16-15-29(26)23-19-11-6-5-10-18(19)17-28(2)21-13-8-7-12-20(21)22(23)25;1-3-5-10-6-4-8-7(2)9;1-2-3-4;/h5-8,10-13H,3-4,9,14-17,25-26H2,1-2H3,(H,27,30);2-6H2,1H3,(H,8,9);2-3H,1H3;/q;2*-1;/b23-22-;;;. The molecule has 2 amide bonds. The van der Waals surface area contributed by atoms with Crippen LogP contribution in [0, 0.1) is 13.3 Å². The zero-order chi connectivity index (χ0) is 33.5. The van der Waals surface area contributed by atoms with Crippen LogP contribution in [0.25, 0.3) is 11.4 Å². The summed E-state index contributed by atoms with van der Waals surface area (Å²) in [5, 5.41) is 6.88. The molecule has 0 saturated carbocycles. The van der Waals surface area contributed by atoms with Gasteiger partial charge in [0.05, 0.1) is 30.5 Å². The van der Waals surface area contributed by atoms with Crippen LogP contribution in [-0.4, -0.2) is 69.8 Å². The van der Waals surface area contributed by atoms with E-state index >= 15 is 0 Å². The summed E-state index contributed by atoms with van der Waals surface area (Å²) in [5.41, 5.74) is 12.1. The molecular formula is C34H52AgN6O5-2. The van der Waals surface area contributed by atoms with Gasteiger partial charge < -0.3 is 58.7 Å². The van der Waals surface area contributed by atoms with Crippen LogP contribution in [0.15, 0.2) is 48.5 Å². The van der Waals surface area contributed by atoms with Crippen molar-refractivity contribution in [1.29, 1.82) is 0 Å². The summed E-state index contributed by atoms with van der Waals surface area (Å²) in [6.07, 6.45) is 5.92. The van der Waals surface area contributed by atoms with Crippen molar-refractivity contribution >= 4 is 35.4 Å². The summed E-state index contributed by atoms with van der Waals surface area (Å²) in [7, 11) is 2.06. The van der Waals surface area contributed by atoms with E-state index in [1.165, 1.54) is 6.42 Å². The zero-order valence-electron chi connectivity index (χ0n) is 27.7. The number of alkyl carbamates (subject to hydrolysis) is 1. The van der Waals surface area contributed by atoms with E-state index in [4.69, 9.17) is 25.8 Å². The molecule has 1 aliphatic heterocycles. The first-order chi connectivity index (χ1) is 21.7. The average Bonchev–Trinajstić information content (AvgIpc) is 3.03. The number of nitrogens with one attached hydrogen (secondary N) is 2. The van der Waals surface area contributed by atoms with Gasteiger partial charge in [-0.3, -0.25) is 0 Å². The number of benzene rings is 2. The Hall–Kier alpha value is -3.61.